The normalized spacial score (nSPS) is 29.2. The van der Waals surface area contributed by atoms with Crippen molar-refractivity contribution in [2.45, 2.75) is 23.9 Å². The lowest BCUT2D eigenvalue weighted by atomic mass is 10.2. The fourth-order valence-electron chi connectivity index (χ4n) is 1.14. The molecule has 0 spiro atoms. The lowest BCUT2D eigenvalue weighted by Gasteiger charge is -2.27. The van der Waals surface area contributed by atoms with Crippen molar-refractivity contribution in [1.29, 1.82) is 0 Å². The quantitative estimate of drug-likeness (QED) is 0.516. The minimum Gasteiger partial charge on any atom is -0.218 e. The molecule has 0 N–H and O–H groups in total. The van der Waals surface area contributed by atoms with Gasteiger partial charge in [-0.25, -0.2) is 4.90 Å². The largest absolute Gasteiger partial charge is 0.401 e. The summed E-state index contributed by atoms with van der Waals surface area (Å²) in [5.74, 6) is -15.6. The first-order valence-corrected chi connectivity index (χ1v) is 3.48. The fourth-order valence-corrected chi connectivity index (χ4v) is 1.14. The molecule has 0 aromatic rings. The summed E-state index contributed by atoms with van der Waals surface area (Å²) in [6, 6.07) is -12.2. The highest BCUT2D eigenvalue weighted by Crippen LogP contribution is 2.63. The van der Waals surface area contributed by atoms with Crippen LogP contribution in [0.3, 0.4) is 0 Å². The molecule has 0 amide bonds. The van der Waals surface area contributed by atoms with Gasteiger partial charge in [0.1, 0.15) is 0 Å². The first kappa shape index (κ1) is 13.0. The topological polar surface area (TPSA) is 3.24 Å². The van der Waals surface area contributed by atoms with Crippen LogP contribution in [-0.2, 0) is 0 Å². The van der Waals surface area contributed by atoms with E-state index in [2.05, 4.69) is 0 Å². The molecule has 1 nitrogen and oxygen atoms in total. The molecule has 0 radical (unpaired) electrons. The number of alkyl halides is 8. The zero-order valence-electron chi connectivity index (χ0n) is 7.06. The summed E-state index contributed by atoms with van der Waals surface area (Å²) in [6.07, 6.45) is 0. The summed E-state index contributed by atoms with van der Waals surface area (Å²) in [6.45, 7) is 1.89. The summed E-state index contributed by atoms with van der Waals surface area (Å²) < 4.78 is 112. The van der Waals surface area contributed by atoms with Gasteiger partial charge in [0, 0.05) is 0 Å². The van der Waals surface area contributed by atoms with Crippen LogP contribution in [0.4, 0.5) is 39.5 Å². The number of likely N-dealkylation sites (tertiary alicyclic amines) is 1. The second-order valence-electron chi connectivity index (χ2n) is 2.94. The maximum atomic E-state index is 12.5. The molecule has 0 unspecified atom stereocenters. The first-order valence-electron chi connectivity index (χ1n) is 3.48. The standard InChI is InChI=1S/C6H2F9N/c1-2(7)16-5(12,13)3(8,9)4(10,11)6(16,14)15/h1H2. The second-order valence-corrected chi connectivity index (χ2v) is 2.94. The maximum Gasteiger partial charge on any atom is 0.401 e. The van der Waals surface area contributed by atoms with Crippen molar-refractivity contribution in [2.75, 3.05) is 0 Å². The number of rotatable bonds is 1. The molecule has 0 atom stereocenters. The van der Waals surface area contributed by atoms with Crippen molar-refractivity contribution in [1.82, 2.24) is 4.90 Å². The summed E-state index contributed by atoms with van der Waals surface area (Å²) in [5, 5.41) is 0. The Hall–Kier alpha value is -1.09. The van der Waals surface area contributed by atoms with Gasteiger partial charge < -0.3 is 0 Å². The highest BCUT2D eigenvalue weighted by Gasteiger charge is 2.93. The van der Waals surface area contributed by atoms with Gasteiger partial charge >= 0.3 is 23.9 Å². The van der Waals surface area contributed by atoms with Gasteiger partial charge in [-0.15, -0.1) is 0 Å². The third-order valence-corrected chi connectivity index (χ3v) is 1.95. The lowest BCUT2D eigenvalue weighted by molar-refractivity contribution is -0.303. The molecule has 1 fully saturated rings. The van der Waals surface area contributed by atoms with Crippen molar-refractivity contribution >= 4 is 0 Å². The summed E-state index contributed by atoms with van der Waals surface area (Å²) in [4.78, 5) is -2.32. The Bertz CT molecular complexity index is 307. The van der Waals surface area contributed by atoms with Gasteiger partial charge in [0.2, 0.25) is 0 Å². The van der Waals surface area contributed by atoms with Crippen molar-refractivity contribution in [3.05, 3.63) is 12.5 Å². The Morgan fingerprint density at radius 1 is 0.750 bits per heavy atom. The van der Waals surface area contributed by atoms with E-state index in [1.165, 1.54) is 0 Å². The smallest absolute Gasteiger partial charge is 0.218 e. The van der Waals surface area contributed by atoms with Crippen LogP contribution >= 0.6 is 0 Å². The van der Waals surface area contributed by atoms with Crippen LogP contribution in [0.25, 0.3) is 0 Å². The van der Waals surface area contributed by atoms with Crippen molar-refractivity contribution in [2.24, 2.45) is 0 Å². The molecule has 0 bridgehead atoms. The molecule has 0 aromatic carbocycles. The number of nitrogens with zero attached hydrogens (tertiary/aromatic N) is 1. The third-order valence-electron chi connectivity index (χ3n) is 1.95. The summed E-state index contributed by atoms with van der Waals surface area (Å²) in [5.41, 5.74) is 0. The van der Waals surface area contributed by atoms with Gasteiger partial charge in [-0.05, 0) is 6.58 Å². The molecule has 94 valence electrons. The monoisotopic (exact) mass is 259 g/mol. The van der Waals surface area contributed by atoms with E-state index in [1.807, 2.05) is 6.58 Å². The molecule has 10 heteroatoms. The molecule has 0 aromatic heterocycles. The van der Waals surface area contributed by atoms with Crippen LogP contribution in [-0.4, -0.2) is 28.8 Å². The Kier molecular flexibility index (Phi) is 2.25. The van der Waals surface area contributed by atoms with E-state index in [1.54, 1.807) is 0 Å². The zero-order valence-corrected chi connectivity index (χ0v) is 7.06. The lowest BCUT2D eigenvalue weighted by Crippen LogP contribution is -2.51. The predicted octanol–water partition coefficient (Wildman–Crippen LogP) is 3.20. The SMILES string of the molecule is C=C(F)N1C(F)(F)C(F)(F)C(F)(F)C1(F)F. The minimum atomic E-state index is -6.42. The summed E-state index contributed by atoms with van der Waals surface area (Å²) >= 11 is 0. The van der Waals surface area contributed by atoms with E-state index in [9.17, 15) is 39.5 Å². The predicted molar refractivity (Wildman–Crippen MR) is 31.9 cm³/mol. The van der Waals surface area contributed by atoms with Crippen LogP contribution in [0.2, 0.25) is 0 Å². The molecule has 1 saturated heterocycles. The van der Waals surface area contributed by atoms with Gasteiger partial charge in [-0.2, -0.15) is 39.5 Å². The summed E-state index contributed by atoms with van der Waals surface area (Å²) in [7, 11) is 0. The number of hydrogen-bond acceptors (Lipinski definition) is 1. The van der Waals surface area contributed by atoms with Crippen LogP contribution in [0.5, 0.6) is 0 Å². The molecule has 1 aliphatic rings. The average molecular weight is 259 g/mol. The zero-order chi connectivity index (χ0) is 13.2. The number of hydrogen-bond donors (Lipinski definition) is 0. The van der Waals surface area contributed by atoms with E-state index >= 15 is 0 Å². The average Bonchev–Trinajstić information content (AvgIpc) is 2.05. The highest BCUT2D eigenvalue weighted by molar-refractivity contribution is 5.16. The second kappa shape index (κ2) is 2.77. The Morgan fingerprint density at radius 2 is 1.00 bits per heavy atom. The Labute approximate surface area is 82.1 Å². The molecular formula is C6H2F9N. The van der Waals surface area contributed by atoms with Gasteiger partial charge in [0.25, 0.3) is 0 Å². The third kappa shape index (κ3) is 1.04. The molecular weight excluding hydrogens is 257 g/mol. The Balaban J connectivity index is 3.51. The molecule has 0 saturated carbocycles. The van der Waals surface area contributed by atoms with Gasteiger partial charge in [0.15, 0.2) is 5.95 Å². The van der Waals surface area contributed by atoms with Crippen molar-refractivity contribution in [3.63, 3.8) is 0 Å². The molecule has 0 aliphatic carbocycles. The molecule has 16 heavy (non-hydrogen) atoms. The Morgan fingerprint density at radius 3 is 1.12 bits per heavy atom. The first-order chi connectivity index (χ1) is 6.82. The molecule has 1 heterocycles. The van der Waals surface area contributed by atoms with Gasteiger partial charge in [-0.1, -0.05) is 0 Å². The van der Waals surface area contributed by atoms with E-state index < -0.39 is 34.8 Å². The van der Waals surface area contributed by atoms with Crippen molar-refractivity contribution in [3.8, 4) is 0 Å². The minimum absolute atomic E-state index is 1.89. The van der Waals surface area contributed by atoms with Crippen molar-refractivity contribution < 1.29 is 39.5 Å². The van der Waals surface area contributed by atoms with E-state index in [0.29, 0.717) is 0 Å². The van der Waals surface area contributed by atoms with E-state index in [4.69, 9.17) is 0 Å². The van der Waals surface area contributed by atoms with Crippen LogP contribution < -0.4 is 0 Å². The van der Waals surface area contributed by atoms with E-state index in [-0.39, 0.29) is 0 Å². The van der Waals surface area contributed by atoms with Crippen LogP contribution in [0.1, 0.15) is 0 Å². The van der Waals surface area contributed by atoms with Gasteiger partial charge in [-0.3, -0.25) is 0 Å². The molecule has 1 rings (SSSR count). The van der Waals surface area contributed by atoms with Crippen LogP contribution in [0, 0.1) is 0 Å². The van der Waals surface area contributed by atoms with Gasteiger partial charge in [0.05, 0.1) is 0 Å². The highest BCUT2D eigenvalue weighted by atomic mass is 19.4. The molecule has 1 aliphatic heterocycles. The fraction of sp³-hybridized carbons (Fsp3) is 0.667. The van der Waals surface area contributed by atoms with Crippen LogP contribution in [0.15, 0.2) is 12.5 Å². The maximum absolute atomic E-state index is 12.5. The van der Waals surface area contributed by atoms with E-state index in [0.717, 1.165) is 0 Å². The number of halogens is 9.